The van der Waals surface area contributed by atoms with E-state index in [2.05, 4.69) is 10.3 Å². The number of carbonyl (C=O) groups is 2. The first kappa shape index (κ1) is 23.7. The summed E-state index contributed by atoms with van der Waals surface area (Å²) < 4.78 is 20.1. The van der Waals surface area contributed by atoms with Crippen molar-refractivity contribution in [2.75, 3.05) is 6.61 Å². The zero-order valence-corrected chi connectivity index (χ0v) is 19.8. The average Bonchev–Trinajstić information content (AvgIpc) is 2.81. The molecule has 4 rings (SSSR count). The molecule has 0 bridgehead atoms. The van der Waals surface area contributed by atoms with Crippen LogP contribution >= 0.6 is 0 Å². The van der Waals surface area contributed by atoms with E-state index in [0.717, 1.165) is 11.3 Å². The van der Waals surface area contributed by atoms with Crippen LogP contribution in [0.3, 0.4) is 0 Å². The standard InChI is InChI=1S/C26H31FN4O3/c1-4-26(16(2)3)14-23(32)31(25(28)30-26)15-17-11-18(13-19(27)12-17)24(33)29-21-9-10-34-22-8-6-5-7-20(21)22/h5-8,11-13,16,21H,4,9-10,14-15H2,1-3H3,(H2,28,30)(H,29,33)/t21-,26-/m0/s1. The van der Waals surface area contributed by atoms with Gasteiger partial charge in [0.2, 0.25) is 5.91 Å². The van der Waals surface area contributed by atoms with Gasteiger partial charge < -0.3 is 15.8 Å². The van der Waals surface area contributed by atoms with Gasteiger partial charge in [-0.05, 0) is 42.2 Å². The van der Waals surface area contributed by atoms with Gasteiger partial charge >= 0.3 is 0 Å². The molecule has 0 saturated carbocycles. The Balaban J connectivity index is 1.54. The highest BCUT2D eigenvalue weighted by Gasteiger charge is 2.40. The van der Waals surface area contributed by atoms with Crippen LogP contribution in [-0.2, 0) is 11.3 Å². The third-order valence-electron chi connectivity index (χ3n) is 6.88. The van der Waals surface area contributed by atoms with Crippen LogP contribution in [0.4, 0.5) is 4.39 Å². The largest absolute Gasteiger partial charge is 0.493 e. The Morgan fingerprint density at radius 3 is 2.79 bits per heavy atom. The number of rotatable bonds is 6. The second kappa shape index (κ2) is 9.44. The molecule has 0 fully saturated rings. The fourth-order valence-corrected chi connectivity index (χ4v) is 4.72. The summed E-state index contributed by atoms with van der Waals surface area (Å²) in [5.41, 5.74) is 7.21. The molecule has 34 heavy (non-hydrogen) atoms. The van der Waals surface area contributed by atoms with E-state index < -0.39 is 11.4 Å². The number of hydrogen-bond acceptors (Lipinski definition) is 5. The molecule has 0 spiro atoms. The van der Waals surface area contributed by atoms with Gasteiger partial charge in [-0.2, -0.15) is 0 Å². The highest BCUT2D eigenvalue weighted by Crippen LogP contribution is 2.34. The van der Waals surface area contributed by atoms with E-state index in [1.807, 2.05) is 45.0 Å². The van der Waals surface area contributed by atoms with Gasteiger partial charge in [-0.25, -0.2) is 9.38 Å². The number of benzene rings is 2. The van der Waals surface area contributed by atoms with E-state index in [-0.39, 0.29) is 48.3 Å². The van der Waals surface area contributed by atoms with Gasteiger partial charge in [0, 0.05) is 17.5 Å². The number of para-hydroxylation sites is 1. The summed E-state index contributed by atoms with van der Waals surface area (Å²) in [5.74, 6) is -0.0826. The summed E-state index contributed by atoms with van der Waals surface area (Å²) in [4.78, 5) is 32.0. The van der Waals surface area contributed by atoms with Crippen LogP contribution in [0.1, 0.15) is 67.6 Å². The van der Waals surface area contributed by atoms with Crippen molar-refractivity contribution in [3.63, 3.8) is 0 Å². The summed E-state index contributed by atoms with van der Waals surface area (Å²) in [5, 5.41) is 2.98. The van der Waals surface area contributed by atoms with Gasteiger partial charge in [-0.1, -0.05) is 39.0 Å². The number of nitrogens with two attached hydrogens (primary N) is 1. The Hall–Kier alpha value is -3.42. The number of amides is 2. The normalized spacial score (nSPS) is 22.1. The predicted octanol–water partition coefficient (Wildman–Crippen LogP) is 3.93. The molecule has 2 aliphatic heterocycles. The molecule has 8 heteroatoms. The molecule has 3 N–H and O–H groups in total. The Bertz CT molecular complexity index is 1130. The number of fused-ring (bicyclic) bond motifs is 1. The molecule has 7 nitrogen and oxygen atoms in total. The first-order valence-electron chi connectivity index (χ1n) is 11.7. The number of carbonyl (C=O) groups excluding carboxylic acids is 2. The third-order valence-corrected chi connectivity index (χ3v) is 6.88. The van der Waals surface area contributed by atoms with E-state index in [1.165, 1.54) is 17.0 Å². The Labute approximate surface area is 199 Å². The highest BCUT2D eigenvalue weighted by atomic mass is 19.1. The summed E-state index contributed by atoms with van der Waals surface area (Å²) in [6.07, 6.45) is 1.56. The minimum atomic E-state index is -0.555. The minimum Gasteiger partial charge on any atom is -0.493 e. The van der Waals surface area contributed by atoms with Crippen LogP contribution in [0.15, 0.2) is 47.5 Å². The second-order valence-corrected chi connectivity index (χ2v) is 9.29. The quantitative estimate of drug-likeness (QED) is 0.674. The lowest BCUT2D eigenvalue weighted by molar-refractivity contribution is -0.130. The predicted molar refractivity (Wildman–Crippen MR) is 128 cm³/mol. The van der Waals surface area contributed by atoms with E-state index >= 15 is 0 Å². The summed E-state index contributed by atoms with van der Waals surface area (Å²) >= 11 is 0. The number of hydrogen-bond donors (Lipinski definition) is 2. The number of aliphatic imine (C=N–C) groups is 1. The lowest BCUT2D eigenvalue weighted by Gasteiger charge is -2.39. The van der Waals surface area contributed by atoms with Crippen molar-refractivity contribution in [1.29, 1.82) is 0 Å². The molecule has 2 atom stereocenters. The van der Waals surface area contributed by atoms with Gasteiger partial charge in [0.05, 0.1) is 31.2 Å². The van der Waals surface area contributed by atoms with Crippen LogP contribution < -0.4 is 15.8 Å². The molecule has 2 heterocycles. The second-order valence-electron chi connectivity index (χ2n) is 9.29. The van der Waals surface area contributed by atoms with Crippen molar-refractivity contribution in [2.45, 2.75) is 58.2 Å². The Morgan fingerprint density at radius 2 is 2.09 bits per heavy atom. The highest BCUT2D eigenvalue weighted by molar-refractivity contribution is 5.99. The van der Waals surface area contributed by atoms with Crippen molar-refractivity contribution in [3.8, 4) is 5.75 Å². The maximum atomic E-state index is 14.5. The van der Waals surface area contributed by atoms with Crippen molar-refractivity contribution in [2.24, 2.45) is 16.6 Å². The molecule has 0 saturated heterocycles. The molecule has 0 aromatic heterocycles. The van der Waals surface area contributed by atoms with Crippen molar-refractivity contribution < 1.29 is 18.7 Å². The smallest absolute Gasteiger partial charge is 0.251 e. The molecule has 2 amide bonds. The van der Waals surface area contributed by atoms with Gasteiger partial charge in [0.1, 0.15) is 11.6 Å². The van der Waals surface area contributed by atoms with E-state index in [0.29, 0.717) is 25.0 Å². The number of nitrogens with one attached hydrogen (secondary N) is 1. The van der Waals surface area contributed by atoms with Crippen LogP contribution in [0, 0.1) is 11.7 Å². The fourth-order valence-electron chi connectivity index (χ4n) is 4.72. The average molecular weight is 467 g/mol. The molecule has 2 aliphatic rings. The van der Waals surface area contributed by atoms with E-state index in [4.69, 9.17) is 10.5 Å². The summed E-state index contributed by atoms with van der Waals surface area (Å²) in [6, 6.07) is 11.4. The molecule has 2 aromatic carbocycles. The van der Waals surface area contributed by atoms with E-state index in [9.17, 15) is 14.0 Å². The van der Waals surface area contributed by atoms with Gasteiger partial charge in [0.15, 0.2) is 5.96 Å². The Morgan fingerprint density at radius 1 is 1.32 bits per heavy atom. The fraction of sp³-hybridized carbons (Fsp3) is 0.423. The number of ether oxygens (including phenoxy) is 1. The number of halogens is 1. The van der Waals surface area contributed by atoms with Crippen LogP contribution in [0.2, 0.25) is 0 Å². The van der Waals surface area contributed by atoms with Crippen LogP contribution in [-0.4, -0.2) is 34.8 Å². The molecule has 0 radical (unpaired) electrons. The summed E-state index contributed by atoms with van der Waals surface area (Å²) in [6.45, 7) is 6.58. The summed E-state index contributed by atoms with van der Waals surface area (Å²) in [7, 11) is 0. The van der Waals surface area contributed by atoms with Crippen molar-refractivity contribution >= 4 is 17.8 Å². The van der Waals surface area contributed by atoms with Crippen LogP contribution in [0.25, 0.3) is 0 Å². The van der Waals surface area contributed by atoms with Gasteiger partial charge in [-0.3, -0.25) is 14.5 Å². The zero-order valence-electron chi connectivity index (χ0n) is 19.8. The first-order chi connectivity index (χ1) is 16.2. The number of guanidine groups is 1. The maximum absolute atomic E-state index is 14.5. The van der Waals surface area contributed by atoms with Crippen molar-refractivity contribution in [3.05, 3.63) is 65.0 Å². The molecule has 0 unspecified atom stereocenters. The molecular weight excluding hydrogens is 435 g/mol. The Kier molecular flexibility index (Phi) is 6.59. The maximum Gasteiger partial charge on any atom is 0.251 e. The molecule has 2 aromatic rings. The van der Waals surface area contributed by atoms with E-state index in [1.54, 1.807) is 6.07 Å². The number of nitrogens with zero attached hydrogens (tertiary/aromatic N) is 2. The molecule has 0 aliphatic carbocycles. The third kappa shape index (κ3) is 4.62. The topological polar surface area (TPSA) is 97.0 Å². The zero-order chi connectivity index (χ0) is 24.5. The van der Waals surface area contributed by atoms with Gasteiger partial charge in [0.25, 0.3) is 5.91 Å². The van der Waals surface area contributed by atoms with Crippen LogP contribution in [0.5, 0.6) is 5.75 Å². The SMILES string of the molecule is CC[C@@]1(C(C)C)CC(=O)N(Cc2cc(F)cc(C(=O)N[C@H]3CCOc4ccccc43)c2)C(N)=N1. The minimum absolute atomic E-state index is 0.0458. The lowest BCUT2D eigenvalue weighted by Crippen LogP contribution is -2.52. The molecule has 180 valence electrons. The lowest BCUT2D eigenvalue weighted by atomic mass is 9.80. The monoisotopic (exact) mass is 466 g/mol. The molecular formula is C26H31FN4O3. The van der Waals surface area contributed by atoms with Gasteiger partial charge in [-0.15, -0.1) is 0 Å². The van der Waals surface area contributed by atoms with Crippen molar-refractivity contribution in [1.82, 2.24) is 10.2 Å². The first-order valence-corrected chi connectivity index (χ1v) is 11.7.